The fraction of sp³-hybridized carbons (Fsp3) is 0.884. The van der Waals surface area contributed by atoms with E-state index in [9.17, 15) is 19.4 Å². The molecule has 8 nitrogen and oxygen atoms in total. The van der Waals surface area contributed by atoms with Crippen LogP contribution in [0, 0.1) is 0 Å². The number of rotatable bonds is 39. The molecule has 3 unspecified atom stereocenters. The van der Waals surface area contributed by atoms with Crippen LogP contribution in [0.25, 0.3) is 0 Å². The molecule has 52 heavy (non-hydrogen) atoms. The minimum absolute atomic E-state index is 0.00153. The lowest BCUT2D eigenvalue weighted by molar-refractivity contribution is -0.870. The zero-order chi connectivity index (χ0) is 38.6. The number of hydrogen-bond acceptors (Lipinski definition) is 6. The standard InChI is InChI=1S/C43H85N2O6P/c1-6-8-10-11-12-13-14-15-16-17-18-19-20-21-22-23-24-25-26-27-28-29-30-31-32-33-35-37-43(47)44-41(42(46)36-34-9-7-2)40-51-52(48,49)50-39-38-45(3,4)5/h17-18,34,36,41-42,46H,6-16,19-33,35,37-40H2,1-5H3,(H-,44,47,48,49)/b18-17-,36-34+. The van der Waals surface area contributed by atoms with Gasteiger partial charge in [-0.15, -0.1) is 0 Å². The maximum absolute atomic E-state index is 12.7. The van der Waals surface area contributed by atoms with Crippen LogP contribution in [-0.4, -0.2) is 68.5 Å². The third-order valence-electron chi connectivity index (χ3n) is 9.64. The number of unbranched alkanes of at least 4 members (excludes halogenated alkanes) is 24. The minimum atomic E-state index is -4.56. The molecule has 3 atom stereocenters. The first-order valence-corrected chi connectivity index (χ1v) is 23.2. The first-order chi connectivity index (χ1) is 25.0. The Bertz CT molecular complexity index is 907. The van der Waals surface area contributed by atoms with Gasteiger partial charge in [0.05, 0.1) is 39.9 Å². The summed E-state index contributed by atoms with van der Waals surface area (Å²) in [6.07, 6.45) is 41.9. The van der Waals surface area contributed by atoms with E-state index in [2.05, 4.69) is 24.4 Å². The molecule has 0 aliphatic rings. The van der Waals surface area contributed by atoms with Crippen LogP contribution in [-0.2, 0) is 18.4 Å². The van der Waals surface area contributed by atoms with E-state index in [1.54, 1.807) is 6.08 Å². The summed E-state index contributed by atoms with van der Waals surface area (Å²) < 4.78 is 22.8. The molecule has 308 valence electrons. The van der Waals surface area contributed by atoms with Gasteiger partial charge in [0.2, 0.25) is 5.91 Å². The van der Waals surface area contributed by atoms with E-state index in [0.717, 1.165) is 32.1 Å². The summed E-state index contributed by atoms with van der Waals surface area (Å²) >= 11 is 0. The van der Waals surface area contributed by atoms with Gasteiger partial charge in [0.1, 0.15) is 13.2 Å². The Morgan fingerprint density at radius 3 is 1.54 bits per heavy atom. The molecule has 0 saturated heterocycles. The molecule has 0 saturated carbocycles. The molecule has 0 radical (unpaired) electrons. The molecule has 1 amide bonds. The fourth-order valence-corrected chi connectivity index (χ4v) is 6.88. The highest BCUT2D eigenvalue weighted by molar-refractivity contribution is 7.45. The van der Waals surface area contributed by atoms with Crippen LogP contribution in [0.2, 0.25) is 0 Å². The second-order valence-corrected chi connectivity index (χ2v) is 17.5. The highest BCUT2D eigenvalue weighted by atomic mass is 31.2. The minimum Gasteiger partial charge on any atom is -0.756 e. The number of aliphatic hydroxyl groups excluding tert-OH is 1. The van der Waals surface area contributed by atoms with E-state index in [-0.39, 0.29) is 19.1 Å². The van der Waals surface area contributed by atoms with Gasteiger partial charge in [-0.2, -0.15) is 0 Å². The number of carbonyl (C=O) groups is 1. The number of nitrogens with zero attached hydrogens (tertiary/aromatic N) is 1. The van der Waals surface area contributed by atoms with E-state index in [0.29, 0.717) is 17.4 Å². The lowest BCUT2D eigenvalue weighted by Gasteiger charge is -2.29. The Balaban J connectivity index is 3.82. The van der Waals surface area contributed by atoms with Crippen LogP contribution in [0.4, 0.5) is 0 Å². The van der Waals surface area contributed by atoms with Crippen molar-refractivity contribution in [3.8, 4) is 0 Å². The van der Waals surface area contributed by atoms with Crippen LogP contribution < -0.4 is 10.2 Å². The number of quaternary nitrogens is 1. The SMILES string of the molecule is CCC/C=C/C(O)C(COP(=O)([O-])OCC[N+](C)(C)C)NC(=O)CCCCCCCCCCCCCCCCC/C=C\CCCCCCCCCC. The second-order valence-electron chi connectivity index (χ2n) is 16.0. The quantitative estimate of drug-likeness (QED) is 0.0280. The van der Waals surface area contributed by atoms with Crippen molar-refractivity contribution in [2.24, 2.45) is 0 Å². The first kappa shape index (κ1) is 51.0. The van der Waals surface area contributed by atoms with Crippen molar-refractivity contribution in [2.45, 2.75) is 206 Å². The molecule has 9 heteroatoms. The molecule has 0 aromatic rings. The zero-order valence-corrected chi connectivity index (χ0v) is 35.7. The zero-order valence-electron chi connectivity index (χ0n) is 34.8. The summed E-state index contributed by atoms with van der Waals surface area (Å²) in [7, 11) is 1.26. The van der Waals surface area contributed by atoms with Crippen molar-refractivity contribution in [3.63, 3.8) is 0 Å². The summed E-state index contributed by atoms with van der Waals surface area (Å²) in [5, 5.41) is 13.4. The summed E-state index contributed by atoms with van der Waals surface area (Å²) in [6.45, 7) is 4.43. The maximum atomic E-state index is 12.7. The van der Waals surface area contributed by atoms with Crippen molar-refractivity contribution >= 4 is 13.7 Å². The van der Waals surface area contributed by atoms with Crippen LogP contribution >= 0.6 is 7.82 Å². The van der Waals surface area contributed by atoms with Gasteiger partial charge < -0.3 is 28.8 Å². The predicted molar refractivity (Wildman–Crippen MR) is 219 cm³/mol. The third kappa shape index (κ3) is 37.3. The van der Waals surface area contributed by atoms with Gasteiger partial charge in [-0.1, -0.05) is 173 Å². The van der Waals surface area contributed by atoms with Crippen LogP contribution in [0.15, 0.2) is 24.3 Å². The topological polar surface area (TPSA) is 108 Å². The van der Waals surface area contributed by atoms with Crippen molar-refractivity contribution in [1.29, 1.82) is 0 Å². The molecular weight excluding hydrogens is 671 g/mol. The van der Waals surface area contributed by atoms with Gasteiger partial charge in [-0.3, -0.25) is 9.36 Å². The van der Waals surface area contributed by atoms with Crippen molar-refractivity contribution in [2.75, 3.05) is 40.9 Å². The third-order valence-corrected chi connectivity index (χ3v) is 10.6. The Morgan fingerprint density at radius 2 is 1.10 bits per heavy atom. The molecule has 0 aliphatic carbocycles. The fourth-order valence-electron chi connectivity index (χ4n) is 6.15. The number of likely N-dealkylation sites (N-methyl/N-ethyl adjacent to an activating group) is 1. The van der Waals surface area contributed by atoms with E-state index in [1.165, 1.54) is 141 Å². The van der Waals surface area contributed by atoms with E-state index in [1.807, 2.05) is 34.1 Å². The van der Waals surface area contributed by atoms with E-state index >= 15 is 0 Å². The Kier molecular flexibility index (Phi) is 35.0. The predicted octanol–water partition coefficient (Wildman–Crippen LogP) is 11.1. The lowest BCUT2D eigenvalue weighted by atomic mass is 10.0. The number of aliphatic hydroxyl groups is 1. The molecule has 2 N–H and O–H groups in total. The van der Waals surface area contributed by atoms with Gasteiger partial charge in [0.25, 0.3) is 7.82 Å². The van der Waals surface area contributed by atoms with E-state index < -0.39 is 20.0 Å². The summed E-state index contributed by atoms with van der Waals surface area (Å²) in [5.74, 6) is -0.208. The van der Waals surface area contributed by atoms with Gasteiger partial charge in [-0.05, 0) is 38.5 Å². The number of phosphoric acid groups is 1. The van der Waals surface area contributed by atoms with Crippen molar-refractivity contribution in [3.05, 3.63) is 24.3 Å². The monoisotopic (exact) mass is 757 g/mol. The van der Waals surface area contributed by atoms with Gasteiger partial charge >= 0.3 is 0 Å². The number of amides is 1. The molecule has 0 aromatic carbocycles. The highest BCUT2D eigenvalue weighted by Gasteiger charge is 2.23. The Morgan fingerprint density at radius 1 is 0.654 bits per heavy atom. The maximum Gasteiger partial charge on any atom is 0.268 e. The summed E-state index contributed by atoms with van der Waals surface area (Å²) in [5.41, 5.74) is 0. The van der Waals surface area contributed by atoms with Crippen LogP contribution in [0.5, 0.6) is 0 Å². The van der Waals surface area contributed by atoms with Gasteiger partial charge in [-0.25, -0.2) is 0 Å². The normalized spacial score (nSPS) is 14.7. The molecule has 0 rings (SSSR count). The summed E-state index contributed by atoms with van der Waals surface area (Å²) in [6, 6.07) is -0.878. The smallest absolute Gasteiger partial charge is 0.268 e. The van der Waals surface area contributed by atoms with Gasteiger partial charge in [0.15, 0.2) is 0 Å². The number of phosphoric ester groups is 1. The van der Waals surface area contributed by atoms with Crippen LogP contribution in [0.3, 0.4) is 0 Å². The average molecular weight is 757 g/mol. The molecule has 0 spiro atoms. The summed E-state index contributed by atoms with van der Waals surface area (Å²) in [4.78, 5) is 24.9. The average Bonchev–Trinajstić information content (AvgIpc) is 3.09. The second kappa shape index (κ2) is 35.7. The van der Waals surface area contributed by atoms with Crippen molar-refractivity contribution in [1.82, 2.24) is 5.32 Å². The largest absolute Gasteiger partial charge is 0.756 e. The lowest BCUT2D eigenvalue weighted by Crippen LogP contribution is -2.45. The number of hydrogen-bond donors (Lipinski definition) is 2. The van der Waals surface area contributed by atoms with E-state index in [4.69, 9.17) is 9.05 Å². The molecule has 0 bridgehead atoms. The Labute approximate surface area is 322 Å². The first-order valence-electron chi connectivity index (χ1n) is 21.7. The molecule has 0 aliphatic heterocycles. The van der Waals surface area contributed by atoms with Gasteiger partial charge in [0, 0.05) is 6.42 Å². The highest BCUT2D eigenvalue weighted by Crippen LogP contribution is 2.38. The molecular formula is C43H85N2O6P. The molecule has 0 heterocycles. The number of nitrogens with one attached hydrogen (secondary N) is 1. The molecule has 0 aromatic heterocycles. The van der Waals surface area contributed by atoms with Crippen molar-refractivity contribution < 1.29 is 32.9 Å². The molecule has 0 fully saturated rings. The van der Waals surface area contributed by atoms with Crippen LogP contribution in [0.1, 0.15) is 194 Å². The number of carbonyl (C=O) groups excluding carboxylic acids is 1. The Hall–Kier alpha value is -1.02. The number of allylic oxidation sites excluding steroid dienone is 3.